The topological polar surface area (TPSA) is 16.2 Å². The van der Waals surface area contributed by atoms with E-state index in [1.165, 1.54) is 28.5 Å². The number of anilines is 15. The van der Waals surface area contributed by atoms with Gasteiger partial charge in [-0.25, -0.2) is 0 Å². The fourth-order valence-electron chi connectivity index (χ4n) is 15.1. The molecule has 5 nitrogen and oxygen atoms in total. The van der Waals surface area contributed by atoms with Crippen molar-refractivity contribution >= 4 is 143 Å². The van der Waals surface area contributed by atoms with Crippen LogP contribution in [0.2, 0.25) is 0 Å². The van der Waals surface area contributed by atoms with Gasteiger partial charge in [0.05, 0.1) is 11.3 Å². The summed E-state index contributed by atoms with van der Waals surface area (Å²) in [6, 6.07) is 118. The molecule has 0 amide bonds. The lowest BCUT2D eigenvalue weighted by Crippen LogP contribution is -2.64. The first-order valence-electron chi connectivity index (χ1n) is 32.4. The Hall–Kier alpha value is -11.7. The Kier molecular flexibility index (Phi) is 13.7. The number of benzene rings is 14. The maximum atomic E-state index is 14.8. The molecular formula is C85H56B2F3N5S. The number of hydrogen-bond acceptors (Lipinski definition) is 6. The van der Waals surface area contributed by atoms with E-state index in [2.05, 4.69) is 322 Å². The zero-order valence-electron chi connectivity index (χ0n) is 51.8. The molecule has 11 heteroatoms. The van der Waals surface area contributed by atoms with Crippen molar-refractivity contribution in [2.24, 2.45) is 0 Å². The first-order chi connectivity index (χ1) is 47.3. The third-order valence-electron chi connectivity index (χ3n) is 19.2. The van der Waals surface area contributed by atoms with Crippen molar-refractivity contribution in [2.45, 2.75) is 16.0 Å². The summed E-state index contributed by atoms with van der Waals surface area (Å²) in [5, 5.41) is 0. The SMILES string of the molecule is FC(F)(F)c1ccc(N2c3cc4c(cc3B3c5ccccc5N(c5ccccc5)c5cc(N(c6ccccc6)c6ccccc6)cc2c53)B2c3ccccc3N(c3ccccc3)c3cc(N(c5ccc(-c6ccccc6)cc5)c5ccc(-c6ccccc6)cc5)cc(c32)S4)cc1. The normalized spacial score (nSPS) is 13.0. The minimum atomic E-state index is -4.55. The molecule has 4 aliphatic rings. The van der Waals surface area contributed by atoms with E-state index in [4.69, 9.17) is 0 Å². The predicted octanol–water partition coefficient (Wildman–Crippen LogP) is 19.8. The maximum Gasteiger partial charge on any atom is 0.416 e. The molecule has 96 heavy (non-hydrogen) atoms. The maximum absolute atomic E-state index is 14.8. The molecule has 0 bridgehead atoms. The van der Waals surface area contributed by atoms with Crippen molar-refractivity contribution in [1.82, 2.24) is 0 Å². The van der Waals surface area contributed by atoms with Crippen molar-refractivity contribution in [3.8, 4) is 22.3 Å². The van der Waals surface area contributed by atoms with E-state index in [0.717, 1.165) is 128 Å². The molecule has 0 spiro atoms. The summed E-state index contributed by atoms with van der Waals surface area (Å²) in [7, 11) is 0. The summed E-state index contributed by atoms with van der Waals surface area (Å²) in [6.45, 7) is -0.533. The Morgan fingerprint density at radius 2 is 0.625 bits per heavy atom. The molecule has 14 aromatic carbocycles. The molecule has 0 saturated carbocycles. The van der Waals surface area contributed by atoms with E-state index in [9.17, 15) is 13.2 Å². The molecule has 0 atom stereocenters. The largest absolute Gasteiger partial charge is 0.416 e. The van der Waals surface area contributed by atoms with Crippen LogP contribution in [0.25, 0.3) is 22.3 Å². The number of alkyl halides is 3. The third kappa shape index (κ3) is 9.59. The molecule has 0 unspecified atom stereocenters. The van der Waals surface area contributed by atoms with Gasteiger partial charge in [0.25, 0.3) is 6.71 Å². The van der Waals surface area contributed by atoms with E-state index in [1.807, 2.05) is 18.2 Å². The first-order valence-corrected chi connectivity index (χ1v) is 33.2. The molecule has 14 aromatic rings. The molecule has 0 radical (unpaired) electrons. The Bertz CT molecular complexity index is 5140. The predicted molar refractivity (Wildman–Crippen MR) is 396 cm³/mol. The molecular weight excluding hydrogens is 1200 g/mol. The average Bonchev–Trinajstić information content (AvgIpc) is 0.692. The minimum Gasteiger partial charge on any atom is -0.311 e. The van der Waals surface area contributed by atoms with Crippen molar-refractivity contribution in [2.75, 3.05) is 24.5 Å². The number of rotatable bonds is 11. The molecule has 0 saturated heterocycles. The van der Waals surface area contributed by atoms with Crippen LogP contribution >= 0.6 is 11.8 Å². The molecule has 18 rings (SSSR count). The van der Waals surface area contributed by atoms with Crippen LogP contribution in [0.3, 0.4) is 0 Å². The van der Waals surface area contributed by atoms with Crippen LogP contribution in [0.1, 0.15) is 5.56 Å². The number of nitrogens with zero attached hydrogens (tertiary/aromatic N) is 5. The van der Waals surface area contributed by atoms with Gasteiger partial charge < -0.3 is 24.5 Å². The van der Waals surface area contributed by atoms with Crippen LogP contribution in [-0.4, -0.2) is 13.4 Å². The standard InChI is InChI=1S/C85H56B2F3N5S/c88-85(89,90)61-43-49-68(50-44-61)95-77-56-81-74(55-73(77)86-71-35-19-21-37-75(71)93(64-31-15-5-16-32-64)78-51-69(52-79(95)83(78)86)91(62-27-11-3-12-28-62)63-29-13-4-14-30-63)87-72-36-20-22-38-76(72)94(65-33-17-6-18-34-65)80-53-70(54-82(96-81)84(80)87)92(66-45-39-59(40-46-66)57-23-7-1-8-24-57)67-47-41-60(42-48-67)58-25-9-2-10-26-58/h1-56H. The Labute approximate surface area is 561 Å². The molecule has 0 N–H and O–H groups in total. The second-order valence-corrected chi connectivity index (χ2v) is 25.8. The molecule has 0 aliphatic carbocycles. The second kappa shape index (κ2) is 23.1. The van der Waals surface area contributed by atoms with E-state index in [0.29, 0.717) is 5.69 Å². The van der Waals surface area contributed by atoms with E-state index in [1.54, 1.807) is 23.9 Å². The van der Waals surface area contributed by atoms with Gasteiger partial charge in [-0.1, -0.05) is 217 Å². The minimum absolute atomic E-state index is 0.224. The van der Waals surface area contributed by atoms with Gasteiger partial charge in [0, 0.05) is 89.4 Å². The smallest absolute Gasteiger partial charge is 0.311 e. The number of hydrogen-bond donors (Lipinski definition) is 0. The zero-order valence-corrected chi connectivity index (χ0v) is 52.6. The quantitative estimate of drug-likeness (QED) is 0.119. The fourth-order valence-corrected chi connectivity index (χ4v) is 16.3. The van der Waals surface area contributed by atoms with Crippen LogP contribution in [0.15, 0.2) is 350 Å². The van der Waals surface area contributed by atoms with Crippen molar-refractivity contribution in [3.05, 3.63) is 345 Å². The van der Waals surface area contributed by atoms with Gasteiger partial charge in [-0.05, 0) is 189 Å². The van der Waals surface area contributed by atoms with Crippen LogP contribution in [-0.2, 0) is 6.18 Å². The van der Waals surface area contributed by atoms with Gasteiger partial charge in [0.2, 0.25) is 6.71 Å². The van der Waals surface area contributed by atoms with Crippen LogP contribution in [0.5, 0.6) is 0 Å². The van der Waals surface area contributed by atoms with Gasteiger partial charge in [0.15, 0.2) is 0 Å². The molecule has 0 aromatic heterocycles. The van der Waals surface area contributed by atoms with Gasteiger partial charge >= 0.3 is 6.18 Å². The highest BCUT2D eigenvalue weighted by molar-refractivity contribution is 8.00. The lowest BCUT2D eigenvalue weighted by atomic mass is 9.31. The molecule has 4 aliphatic heterocycles. The molecule has 0 fully saturated rings. The first kappa shape index (κ1) is 57.0. The van der Waals surface area contributed by atoms with Crippen molar-refractivity contribution in [3.63, 3.8) is 0 Å². The van der Waals surface area contributed by atoms with E-state index >= 15 is 0 Å². The summed E-state index contributed by atoms with van der Waals surface area (Å²) in [6.07, 6.45) is -4.55. The third-order valence-corrected chi connectivity index (χ3v) is 20.4. The van der Waals surface area contributed by atoms with Crippen LogP contribution < -0.4 is 57.3 Å². The summed E-state index contributed by atoms with van der Waals surface area (Å²) in [4.78, 5) is 13.9. The number of halogens is 3. The Morgan fingerprint density at radius 1 is 0.260 bits per heavy atom. The second-order valence-electron chi connectivity index (χ2n) is 24.7. The summed E-state index contributed by atoms with van der Waals surface area (Å²) in [5.41, 5.74) is 25.0. The van der Waals surface area contributed by atoms with E-state index in [-0.39, 0.29) is 13.4 Å². The highest BCUT2D eigenvalue weighted by atomic mass is 32.2. The Balaban J connectivity index is 0.896. The van der Waals surface area contributed by atoms with Crippen LogP contribution in [0, 0.1) is 0 Å². The molecule has 454 valence electrons. The molecule has 4 heterocycles. The van der Waals surface area contributed by atoms with Crippen molar-refractivity contribution in [1.29, 1.82) is 0 Å². The van der Waals surface area contributed by atoms with Crippen LogP contribution in [0.4, 0.5) is 98.5 Å². The van der Waals surface area contributed by atoms with Gasteiger partial charge in [-0.15, -0.1) is 0 Å². The summed E-state index contributed by atoms with van der Waals surface area (Å²) < 4.78 is 44.5. The van der Waals surface area contributed by atoms with Gasteiger partial charge in [-0.3, -0.25) is 0 Å². The summed E-state index contributed by atoms with van der Waals surface area (Å²) in [5.74, 6) is 0. The zero-order chi connectivity index (χ0) is 64.0. The van der Waals surface area contributed by atoms with E-state index < -0.39 is 11.7 Å². The fraction of sp³-hybridized carbons (Fsp3) is 0.0118. The highest BCUT2D eigenvalue weighted by Crippen LogP contribution is 2.52. The average molecular weight is 1260 g/mol. The highest BCUT2D eigenvalue weighted by Gasteiger charge is 2.48. The Morgan fingerprint density at radius 3 is 1.09 bits per heavy atom. The number of para-hydroxylation sites is 6. The van der Waals surface area contributed by atoms with Crippen molar-refractivity contribution < 1.29 is 13.2 Å². The number of fused-ring (bicyclic) bond motifs is 8. The van der Waals surface area contributed by atoms with Gasteiger partial charge in [-0.2, -0.15) is 13.2 Å². The van der Waals surface area contributed by atoms with Gasteiger partial charge in [0.1, 0.15) is 0 Å². The monoisotopic (exact) mass is 1260 g/mol. The summed E-state index contributed by atoms with van der Waals surface area (Å²) >= 11 is 1.77. The lowest BCUT2D eigenvalue weighted by molar-refractivity contribution is -0.137. The lowest BCUT2D eigenvalue weighted by Gasteiger charge is -2.46.